The van der Waals surface area contributed by atoms with Crippen molar-refractivity contribution in [2.75, 3.05) is 11.9 Å². The number of anilines is 1. The van der Waals surface area contributed by atoms with Crippen LogP contribution in [-0.4, -0.2) is 41.2 Å². The van der Waals surface area contributed by atoms with Gasteiger partial charge in [0.2, 0.25) is 11.8 Å². The Labute approximate surface area is 165 Å². The smallest absolute Gasteiger partial charge is 0.308 e. The summed E-state index contributed by atoms with van der Waals surface area (Å²) >= 11 is 0. The zero-order valence-corrected chi connectivity index (χ0v) is 15.7. The van der Waals surface area contributed by atoms with Crippen molar-refractivity contribution in [3.63, 3.8) is 0 Å². The van der Waals surface area contributed by atoms with Crippen LogP contribution in [0.25, 0.3) is 0 Å². The maximum atomic E-state index is 13.2. The summed E-state index contributed by atoms with van der Waals surface area (Å²) < 4.78 is 31.1. The fourth-order valence-corrected chi connectivity index (χ4v) is 3.42. The van der Waals surface area contributed by atoms with Gasteiger partial charge in [-0.2, -0.15) is 0 Å². The normalized spacial score (nSPS) is 21.7. The van der Waals surface area contributed by atoms with E-state index in [4.69, 9.17) is 4.74 Å². The Kier molecular flexibility index (Phi) is 6.05. The molecule has 1 fully saturated rings. The average Bonchev–Trinajstić information content (AvgIpc) is 2.93. The molecule has 0 bridgehead atoms. The van der Waals surface area contributed by atoms with E-state index in [0.29, 0.717) is 12.8 Å². The van der Waals surface area contributed by atoms with Crippen molar-refractivity contribution in [2.24, 2.45) is 11.8 Å². The van der Waals surface area contributed by atoms with Crippen molar-refractivity contribution in [1.29, 1.82) is 0 Å². The predicted molar refractivity (Wildman–Crippen MR) is 97.2 cm³/mol. The Hall–Kier alpha value is -3.10. The quantitative estimate of drug-likeness (QED) is 0.444. The second kappa shape index (κ2) is 8.50. The highest BCUT2D eigenvalue weighted by Crippen LogP contribution is 2.35. The number of ether oxygens (including phenoxy) is 1. The molecule has 1 aliphatic carbocycles. The van der Waals surface area contributed by atoms with Crippen molar-refractivity contribution < 1.29 is 32.7 Å². The summed E-state index contributed by atoms with van der Waals surface area (Å²) in [6, 6.07) is 2.84. The van der Waals surface area contributed by atoms with Gasteiger partial charge < -0.3 is 10.1 Å². The van der Waals surface area contributed by atoms with Gasteiger partial charge in [0, 0.05) is 18.3 Å². The Balaban J connectivity index is 1.48. The van der Waals surface area contributed by atoms with Gasteiger partial charge in [0.1, 0.15) is 0 Å². The number of hydrogen-bond donors (Lipinski definition) is 1. The number of benzene rings is 1. The summed E-state index contributed by atoms with van der Waals surface area (Å²) in [6.45, 7) is 1.21. The molecule has 0 radical (unpaired) electrons. The van der Waals surface area contributed by atoms with Crippen molar-refractivity contribution >= 4 is 29.4 Å². The molecule has 0 unspecified atom stereocenters. The Morgan fingerprint density at radius 2 is 1.76 bits per heavy atom. The molecule has 1 aromatic rings. The number of nitrogens with zero attached hydrogens (tertiary/aromatic N) is 1. The molecule has 1 aliphatic heterocycles. The van der Waals surface area contributed by atoms with Gasteiger partial charge in [-0.25, -0.2) is 8.78 Å². The molecule has 2 aliphatic rings. The molecule has 0 saturated carbocycles. The van der Waals surface area contributed by atoms with Gasteiger partial charge in [-0.05, 0) is 31.9 Å². The molecule has 1 aromatic carbocycles. The second-order valence-corrected chi connectivity index (χ2v) is 6.98. The molecule has 0 spiro atoms. The van der Waals surface area contributed by atoms with Gasteiger partial charge >= 0.3 is 5.97 Å². The van der Waals surface area contributed by atoms with Gasteiger partial charge in [0.25, 0.3) is 5.91 Å². The minimum atomic E-state index is -1.20. The summed E-state index contributed by atoms with van der Waals surface area (Å²) in [6.07, 6.45) is 3.32. The first-order valence-corrected chi connectivity index (χ1v) is 9.23. The molecule has 154 valence electrons. The van der Waals surface area contributed by atoms with E-state index in [2.05, 4.69) is 5.32 Å². The van der Waals surface area contributed by atoms with E-state index in [1.807, 2.05) is 12.2 Å². The fourth-order valence-electron chi connectivity index (χ4n) is 3.42. The van der Waals surface area contributed by atoms with E-state index in [1.165, 1.54) is 13.0 Å². The zero-order valence-electron chi connectivity index (χ0n) is 15.7. The van der Waals surface area contributed by atoms with Crippen LogP contribution in [0.1, 0.15) is 26.2 Å². The van der Waals surface area contributed by atoms with Crippen LogP contribution in [0.2, 0.25) is 0 Å². The van der Waals surface area contributed by atoms with E-state index in [9.17, 15) is 28.0 Å². The summed E-state index contributed by atoms with van der Waals surface area (Å²) in [4.78, 5) is 49.8. The van der Waals surface area contributed by atoms with Crippen LogP contribution in [0.15, 0.2) is 30.4 Å². The van der Waals surface area contributed by atoms with Crippen molar-refractivity contribution in [1.82, 2.24) is 4.90 Å². The highest BCUT2D eigenvalue weighted by Gasteiger charge is 2.47. The second-order valence-electron chi connectivity index (χ2n) is 6.98. The summed E-state index contributed by atoms with van der Waals surface area (Å²) in [5, 5.41) is 2.31. The first kappa shape index (κ1) is 20.6. The third-order valence-electron chi connectivity index (χ3n) is 5.00. The van der Waals surface area contributed by atoms with Crippen LogP contribution in [0, 0.1) is 23.5 Å². The van der Waals surface area contributed by atoms with E-state index in [1.54, 1.807) is 0 Å². The third kappa shape index (κ3) is 4.49. The number of carbonyl (C=O) groups excluding carboxylic acids is 4. The lowest BCUT2D eigenvalue weighted by molar-refractivity contribution is -0.154. The molecule has 0 aromatic heterocycles. The minimum absolute atomic E-state index is 0.0151. The van der Waals surface area contributed by atoms with Gasteiger partial charge in [-0.3, -0.25) is 24.1 Å². The van der Waals surface area contributed by atoms with Gasteiger partial charge in [-0.15, -0.1) is 0 Å². The van der Waals surface area contributed by atoms with Gasteiger partial charge in [-0.1, -0.05) is 12.2 Å². The molecule has 1 saturated heterocycles. The average molecular weight is 406 g/mol. The van der Waals surface area contributed by atoms with Crippen LogP contribution >= 0.6 is 0 Å². The lowest BCUT2D eigenvalue weighted by Crippen LogP contribution is -2.35. The molecular formula is C20H20F2N2O5. The first-order chi connectivity index (χ1) is 13.8. The Morgan fingerprint density at radius 1 is 1.14 bits per heavy atom. The molecule has 3 atom stereocenters. The summed E-state index contributed by atoms with van der Waals surface area (Å²) in [5.74, 6) is -4.98. The number of carbonyl (C=O) groups is 4. The monoisotopic (exact) mass is 406 g/mol. The van der Waals surface area contributed by atoms with Crippen molar-refractivity contribution in [2.45, 2.75) is 32.3 Å². The third-order valence-corrected chi connectivity index (χ3v) is 5.00. The first-order valence-electron chi connectivity index (χ1n) is 9.23. The minimum Gasteiger partial charge on any atom is -0.452 e. The zero-order chi connectivity index (χ0) is 21.1. The van der Waals surface area contributed by atoms with Gasteiger partial charge in [0.05, 0.1) is 18.3 Å². The molecule has 9 heteroatoms. The maximum absolute atomic E-state index is 13.2. The standard InChI is InChI=1S/C20H20F2N2O5/c1-11(18(26)23-12-6-7-15(21)16(22)10-12)29-17(25)8-9-24-19(27)13-4-2-3-5-14(13)20(24)28/h2-3,6-7,10-11,13-14H,4-5,8-9H2,1H3,(H,23,26)/t11-,13+,14+/m1/s1. The van der Waals surface area contributed by atoms with Crippen LogP contribution in [0.3, 0.4) is 0 Å². The summed E-state index contributed by atoms with van der Waals surface area (Å²) in [5.41, 5.74) is 0.0151. The molecule has 3 rings (SSSR count). The lowest BCUT2D eigenvalue weighted by Gasteiger charge is -2.16. The molecule has 1 heterocycles. The van der Waals surface area contributed by atoms with Crippen LogP contribution in [-0.2, 0) is 23.9 Å². The number of allylic oxidation sites excluding steroid dienone is 2. The Morgan fingerprint density at radius 3 is 2.34 bits per heavy atom. The molecule has 7 nitrogen and oxygen atoms in total. The fraction of sp³-hybridized carbons (Fsp3) is 0.400. The van der Waals surface area contributed by atoms with Crippen molar-refractivity contribution in [3.8, 4) is 0 Å². The van der Waals surface area contributed by atoms with E-state index >= 15 is 0 Å². The molecule has 3 amide bonds. The van der Waals surface area contributed by atoms with Crippen LogP contribution < -0.4 is 5.32 Å². The SMILES string of the molecule is C[C@@H](OC(=O)CCN1C(=O)[C@H]2CC=CC[C@@H]2C1=O)C(=O)Nc1ccc(F)c(F)c1. The number of fused-ring (bicyclic) bond motifs is 1. The largest absolute Gasteiger partial charge is 0.452 e. The molecule has 29 heavy (non-hydrogen) atoms. The summed E-state index contributed by atoms with van der Waals surface area (Å²) in [7, 11) is 0. The number of imide groups is 1. The topological polar surface area (TPSA) is 92.8 Å². The number of esters is 1. The Bertz CT molecular complexity index is 860. The number of rotatable bonds is 6. The highest BCUT2D eigenvalue weighted by molar-refractivity contribution is 6.05. The number of hydrogen-bond acceptors (Lipinski definition) is 5. The highest BCUT2D eigenvalue weighted by atomic mass is 19.2. The van der Waals surface area contributed by atoms with E-state index in [-0.39, 0.29) is 42.3 Å². The lowest BCUT2D eigenvalue weighted by atomic mass is 9.85. The molecule has 1 N–H and O–H groups in total. The number of nitrogens with one attached hydrogen (secondary N) is 1. The number of amides is 3. The van der Waals surface area contributed by atoms with Crippen LogP contribution in [0.4, 0.5) is 14.5 Å². The predicted octanol–water partition coefficient (Wildman–Crippen LogP) is 2.18. The van der Waals surface area contributed by atoms with E-state index in [0.717, 1.165) is 17.0 Å². The maximum Gasteiger partial charge on any atom is 0.308 e. The van der Waals surface area contributed by atoms with Crippen LogP contribution in [0.5, 0.6) is 0 Å². The van der Waals surface area contributed by atoms with Crippen molar-refractivity contribution in [3.05, 3.63) is 42.0 Å². The number of likely N-dealkylation sites (tertiary alicyclic amines) is 1. The number of halogens is 2. The van der Waals surface area contributed by atoms with Gasteiger partial charge in [0.15, 0.2) is 17.7 Å². The molecular weight excluding hydrogens is 386 g/mol. The van der Waals surface area contributed by atoms with E-state index < -0.39 is 29.6 Å².